The third kappa shape index (κ3) is 7.07. The Balaban J connectivity index is 2.54. The summed E-state index contributed by atoms with van der Waals surface area (Å²) in [5, 5.41) is 2.55. The molecule has 2 atom stereocenters. The van der Waals surface area contributed by atoms with E-state index in [-0.39, 0.29) is 24.5 Å². The Morgan fingerprint density at radius 3 is 2.16 bits per heavy atom. The Labute approximate surface area is 222 Å². The first-order valence-corrected chi connectivity index (χ1v) is 13.4. The summed E-state index contributed by atoms with van der Waals surface area (Å²) in [5.74, 6) is -3.32. The van der Waals surface area contributed by atoms with Crippen molar-refractivity contribution >= 4 is 33.8 Å². The molecule has 1 aliphatic rings. The largest absolute Gasteiger partial charge is 0.469 e. The van der Waals surface area contributed by atoms with Crippen LogP contribution in [0.2, 0.25) is 0 Å². The summed E-state index contributed by atoms with van der Waals surface area (Å²) in [6, 6.07) is 4.54. The number of hydrogen-bond donors (Lipinski definition) is 2. The fourth-order valence-corrected chi connectivity index (χ4v) is 5.15. The number of allylic oxidation sites excluding steroid dienone is 2. The maximum absolute atomic E-state index is 13.5. The van der Waals surface area contributed by atoms with Gasteiger partial charge in [0.25, 0.3) is 5.91 Å². The number of sulfonamides is 1. The van der Waals surface area contributed by atoms with Crippen molar-refractivity contribution in [3.63, 3.8) is 0 Å². The summed E-state index contributed by atoms with van der Waals surface area (Å²) in [7, 11) is -1.90. The summed E-state index contributed by atoms with van der Waals surface area (Å²) in [5.41, 5.74) is -2.47. The minimum absolute atomic E-state index is 0.0226. The van der Waals surface area contributed by atoms with Gasteiger partial charge in [0.05, 0.1) is 25.2 Å². The first-order valence-electron chi connectivity index (χ1n) is 11.9. The maximum atomic E-state index is 13.5. The number of hydrogen-bond acceptors (Lipinski definition) is 9. The van der Waals surface area contributed by atoms with Gasteiger partial charge in [0.15, 0.2) is 0 Å². The van der Waals surface area contributed by atoms with Crippen molar-refractivity contribution in [1.29, 1.82) is 0 Å². The van der Waals surface area contributed by atoms with Gasteiger partial charge >= 0.3 is 17.9 Å². The molecule has 38 heavy (non-hydrogen) atoms. The minimum Gasteiger partial charge on any atom is -0.469 e. The fourth-order valence-electron chi connectivity index (χ4n) is 3.79. The Morgan fingerprint density at radius 2 is 1.63 bits per heavy atom. The van der Waals surface area contributed by atoms with Crippen LogP contribution in [0, 0.1) is 5.41 Å². The van der Waals surface area contributed by atoms with Crippen LogP contribution in [0.5, 0.6) is 0 Å². The highest BCUT2D eigenvalue weighted by Crippen LogP contribution is 2.38. The van der Waals surface area contributed by atoms with E-state index < -0.39 is 49.8 Å². The van der Waals surface area contributed by atoms with Crippen LogP contribution in [0.1, 0.15) is 50.0 Å². The van der Waals surface area contributed by atoms with Gasteiger partial charge in [0.1, 0.15) is 5.60 Å². The number of aryl methyl sites for hydroxylation is 1. The molecule has 1 amide bonds. The van der Waals surface area contributed by atoms with E-state index in [0.717, 1.165) is 12.7 Å². The molecular formula is C26H34N2O9S. The number of benzene rings is 1. The molecule has 0 aliphatic heterocycles. The molecule has 0 radical (unpaired) electrons. The van der Waals surface area contributed by atoms with Crippen LogP contribution in [0.3, 0.4) is 0 Å². The first-order chi connectivity index (χ1) is 17.7. The zero-order chi connectivity index (χ0) is 28.7. The van der Waals surface area contributed by atoms with Crippen LogP contribution in [-0.4, -0.2) is 64.6 Å². The third-order valence-electron chi connectivity index (χ3n) is 5.60. The standard InChI is InChI=1S/C26H34N2O9S/c1-7-27-38(33,34)19-9-8-16-26(23(31)36-6,24(32)37-25(2,3)4)21(19)28-22(30)18-13-10-17(11-14-18)12-15-20(29)35-5/h8-11,13-14,16,21,27H,7,12,15H2,1-6H3,(H,28,30)/t21?,26-/m0/s1. The van der Waals surface area contributed by atoms with Gasteiger partial charge in [-0.25, -0.2) is 13.1 Å². The van der Waals surface area contributed by atoms with Crippen LogP contribution < -0.4 is 10.0 Å². The Bertz CT molecular complexity index is 1230. The van der Waals surface area contributed by atoms with Crippen molar-refractivity contribution in [3.05, 3.63) is 58.5 Å². The zero-order valence-corrected chi connectivity index (χ0v) is 23.1. The molecule has 0 heterocycles. The molecule has 0 aromatic heterocycles. The van der Waals surface area contributed by atoms with Gasteiger partial charge in [0, 0.05) is 18.5 Å². The first kappa shape index (κ1) is 30.7. The lowest BCUT2D eigenvalue weighted by Crippen LogP contribution is -2.60. The highest BCUT2D eigenvalue weighted by molar-refractivity contribution is 7.93. The van der Waals surface area contributed by atoms with Crippen LogP contribution in [0.4, 0.5) is 0 Å². The molecule has 2 rings (SSSR count). The molecule has 1 unspecified atom stereocenters. The van der Waals surface area contributed by atoms with Crippen molar-refractivity contribution in [3.8, 4) is 0 Å². The van der Waals surface area contributed by atoms with Gasteiger partial charge in [-0.3, -0.25) is 19.2 Å². The van der Waals surface area contributed by atoms with E-state index in [1.807, 2.05) is 0 Å². The van der Waals surface area contributed by atoms with Gasteiger partial charge in [-0.1, -0.05) is 31.2 Å². The summed E-state index contributed by atoms with van der Waals surface area (Å²) in [6.45, 7) is 6.35. The van der Waals surface area contributed by atoms with E-state index in [1.54, 1.807) is 39.8 Å². The molecule has 208 valence electrons. The van der Waals surface area contributed by atoms with E-state index in [4.69, 9.17) is 9.47 Å². The molecule has 12 heteroatoms. The van der Waals surface area contributed by atoms with Gasteiger partial charge in [-0.2, -0.15) is 0 Å². The number of esters is 3. The van der Waals surface area contributed by atoms with Crippen molar-refractivity contribution in [2.45, 2.75) is 52.2 Å². The summed E-state index contributed by atoms with van der Waals surface area (Å²) in [6.07, 6.45) is 4.15. The minimum atomic E-state index is -4.24. The highest BCUT2D eigenvalue weighted by atomic mass is 32.2. The van der Waals surface area contributed by atoms with Gasteiger partial charge in [-0.05, 0) is 51.0 Å². The Morgan fingerprint density at radius 1 is 1.00 bits per heavy atom. The quantitative estimate of drug-likeness (QED) is 0.252. The molecule has 1 aromatic carbocycles. The monoisotopic (exact) mass is 550 g/mol. The van der Waals surface area contributed by atoms with Crippen molar-refractivity contribution in [2.75, 3.05) is 20.8 Å². The third-order valence-corrected chi connectivity index (χ3v) is 7.26. The molecule has 0 saturated carbocycles. The number of ether oxygens (including phenoxy) is 3. The number of carbonyl (C=O) groups excluding carboxylic acids is 4. The second-order valence-corrected chi connectivity index (χ2v) is 11.2. The highest BCUT2D eigenvalue weighted by Gasteiger charge is 2.58. The lowest BCUT2D eigenvalue weighted by atomic mass is 9.76. The molecule has 11 nitrogen and oxygen atoms in total. The van der Waals surface area contributed by atoms with Gasteiger partial charge in [-0.15, -0.1) is 0 Å². The number of rotatable bonds is 10. The summed E-state index contributed by atoms with van der Waals surface area (Å²) >= 11 is 0. The second-order valence-electron chi connectivity index (χ2n) is 9.47. The molecule has 1 aromatic rings. The average molecular weight is 551 g/mol. The number of methoxy groups -OCH3 is 2. The van der Waals surface area contributed by atoms with Crippen LogP contribution in [-0.2, 0) is 45.0 Å². The van der Waals surface area contributed by atoms with E-state index in [2.05, 4.69) is 14.8 Å². The van der Waals surface area contributed by atoms with Gasteiger partial charge < -0.3 is 19.5 Å². The van der Waals surface area contributed by atoms with Gasteiger partial charge in [0.2, 0.25) is 15.4 Å². The van der Waals surface area contributed by atoms with Crippen molar-refractivity contribution < 1.29 is 41.8 Å². The Kier molecular flexibility index (Phi) is 9.99. The smallest absolute Gasteiger partial charge is 0.330 e. The van der Waals surface area contributed by atoms with E-state index in [0.29, 0.717) is 6.42 Å². The molecule has 2 N–H and O–H groups in total. The maximum Gasteiger partial charge on any atom is 0.330 e. The Hall–Kier alpha value is -3.51. The van der Waals surface area contributed by atoms with Crippen LogP contribution in [0.15, 0.2) is 47.4 Å². The number of nitrogens with one attached hydrogen (secondary N) is 2. The summed E-state index contributed by atoms with van der Waals surface area (Å²) in [4.78, 5) is 50.9. The molecule has 1 aliphatic carbocycles. The fraction of sp³-hybridized carbons (Fsp3) is 0.462. The second kappa shape index (κ2) is 12.4. The predicted octanol–water partition coefficient (Wildman–Crippen LogP) is 1.78. The molecule has 0 saturated heterocycles. The van der Waals surface area contributed by atoms with Crippen LogP contribution >= 0.6 is 0 Å². The zero-order valence-electron chi connectivity index (χ0n) is 22.3. The average Bonchev–Trinajstić information content (AvgIpc) is 2.85. The lowest BCUT2D eigenvalue weighted by Gasteiger charge is -2.38. The van der Waals surface area contributed by atoms with E-state index in [1.165, 1.54) is 37.5 Å². The predicted molar refractivity (Wildman–Crippen MR) is 138 cm³/mol. The van der Waals surface area contributed by atoms with E-state index in [9.17, 15) is 27.6 Å². The molecule has 0 fully saturated rings. The SMILES string of the molecule is CCNS(=O)(=O)C1=CC=C[C@](C(=O)OC)(C(=O)OC(C)(C)C)C1NC(=O)c1ccc(CCC(=O)OC)cc1. The number of carbonyl (C=O) groups is 4. The topological polar surface area (TPSA) is 154 Å². The van der Waals surface area contributed by atoms with Crippen LogP contribution in [0.25, 0.3) is 0 Å². The van der Waals surface area contributed by atoms with Crippen molar-refractivity contribution in [2.24, 2.45) is 5.41 Å². The normalized spacial score (nSPS) is 19.2. The molecular weight excluding hydrogens is 516 g/mol. The number of amides is 1. The van der Waals surface area contributed by atoms with Crippen molar-refractivity contribution in [1.82, 2.24) is 10.0 Å². The molecule has 0 bridgehead atoms. The lowest BCUT2D eigenvalue weighted by molar-refractivity contribution is -0.175. The summed E-state index contributed by atoms with van der Waals surface area (Å²) < 4.78 is 43.6. The molecule has 0 spiro atoms. The van der Waals surface area contributed by atoms with E-state index >= 15 is 0 Å².